The molecule has 0 unspecified atom stereocenters. The van der Waals surface area contributed by atoms with Crippen molar-refractivity contribution in [1.29, 1.82) is 0 Å². The van der Waals surface area contributed by atoms with Crippen LogP contribution in [0, 0.1) is 5.21 Å². The number of carbonyl (C=O) groups is 2. The summed E-state index contributed by atoms with van der Waals surface area (Å²) in [6.45, 7) is 2.53. The van der Waals surface area contributed by atoms with E-state index in [1.165, 1.54) is 24.4 Å². The van der Waals surface area contributed by atoms with Crippen molar-refractivity contribution in [2.75, 3.05) is 26.4 Å². The van der Waals surface area contributed by atoms with E-state index in [-0.39, 0.29) is 18.8 Å². The molecule has 2 rings (SSSR count). The van der Waals surface area contributed by atoms with Crippen molar-refractivity contribution < 1.29 is 28.5 Å². The number of rotatable bonds is 9. The Bertz CT molecular complexity index is 733. The van der Waals surface area contributed by atoms with E-state index in [4.69, 9.17) is 14.2 Å². The standard InChI is InChI=1S/C18H20N2O6/c1-2-24-14-6-8-15(9-7-14)25-12-10-19-17(21)13-26-18(22)16-5-3-4-11-20(16)23/h3-9,11H,2,10,12-13H2,1H3,(H,19,21). The molecule has 1 N–H and O–H groups in total. The fourth-order valence-corrected chi connectivity index (χ4v) is 2.00. The van der Waals surface area contributed by atoms with Crippen molar-refractivity contribution >= 4 is 11.9 Å². The van der Waals surface area contributed by atoms with Crippen molar-refractivity contribution in [3.8, 4) is 11.5 Å². The van der Waals surface area contributed by atoms with E-state index in [9.17, 15) is 14.8 Å². The molecule has 0 spiro atoms. The molecule has 2 aromatic rings. The van der Waals surface area contributed by atoms with Crippen LogP contribution in [0.2, 0.25) is 0 Å². The fourth-order valence-electron chi connectivity index (χ4n) is 2.00. The monoisotopic (exact) mass is 360 g/mol. The van der Waals surface area contributed by atoms with Crippen LogP contribution in [0.5, 0.6) is 11.5 Å². The normalized spacial score (nSPS) is 10.0. The van der Waals surface area contributed by atoms with Crippen LogP contribution in [0.4, 0.5) is 0 Å². The molecule has 0 atom stereocenters. The predicted octanol–water partition coefficient (Wildman–Crippen LogP) is 1.07. The first-order valence-corrected chi connectivity index (χ1v) is 8.08. The van der Waals surface area contributed by atoms with Gasteiger partial charge in [-0.25, -0.2) is 4.79 Å². The maximum Gasteiger partial charge on any atom is 0.405 e. The van der Waals surface area contributed by atoms with Gasteiger partial charge in [-0.05, 0) is 37.3 Å². The Morgan fingerprint density at radius 3 is 2.42 bits per heavy atom. The van der Waals surface area contributed by atoms with Crippen LogP contribution in [0.3, 0.4) is 0 Å². The molecule has 0 saturated carbocycles. The molecule has 0 aliphatic carbocycles. The largest absolute Gasteiger partial charge is 0.618 e. The van der Waals surface area contributed by atoms with E-state index in [1.54, 1.807) is 24.3 Å². The number of nitrogens with one attached hydrogen (secondary N) is 1. The quantitative estimate of drug-likeness (QED) is 0.311. The first-order chi connectivity index (χ1) is 12.6. The summed E-state index contributed by atoms with van der Waals surface area (Å²) in [5.74, 6) is 0.0643. The summed E-state index contributed by atoms with van der Waals surface area (Å²) in [6.07, 6.45) is 1.18. The Morgan fingerprint density at radius 1 is 1.08 bits per heavy atom. The summed E-state index contributed by atoms with van der Waals surface area (Å²) < 4.78 is 16.0. The molecule has 26 heavy (non-hydrogen) atoms. The molecule has 1 heterocycles. The molecule has 1 aromatic heterocycles. The Hall–Kier alpha value is -3.29. The van der Waals surface area contributed by atoms with Crippen LogP contribution in [-0.4, -0.2) is 38.2 Å². The molecule has 0 radical (unpaired) electrons. The SMILES string of the molecule is CCOc1ccc(OCCNC(=O)COC(=O)c2cccc[n+]2[O-])cc1. The molecule has 8 heteroatoms. The highest BCUT2D eigenvalue weighted by Crippen LogP contribution is 2.17. The average molecular weight is 360 g/mol. The Labute approximate surface area is 150 Å². The molecular weight excluding hydrogens is 340 g/mol. The van der Waals surface area contributed by atoms with Crippen molar-refractivity contribution in [3.05, 3.63) is 59.6 Å². The lowest BCUT2D eigenvalue weighted by atomic mass is 10.3. The van der Waals surface area contributed by atoms with Crippen LogP contribution < -0.4 is 19.5 Å². The summed E-state index contributed by atoms with van der Waals surface area (Å²) in [5, 5.41) is 14.0. The number of pyridine rings is 1. The van der Waals surface area contributed by atoms with E-state index in [1.807, 2.05) is 6.92 Å². The highest BCUT2D eigenvalue weighted by molar-refractivity contribution is 5.88. The fraction of sp³-hybridized carbons (Fsp3) is 0.278. The van der Waals surface area contributed by atoms with Crippen LogP contribution in [-0.2, 0) is 9.53 Å². The van der Waals surface area contributed by atoms with E-state index < -0.39 is 18.5 Å². The third-order valence-electron chi connectivity index (χ3n) is 3.20. The second-order valence-corrected chi connectivity index (χ2v) is 5.09. The van der Waals surface area contributed by atoms with Gasteiger partial charge in [-0.1, -0.05) is 0 Å². The molecule has 0 aliphatic rings. The lowest BCUT2D eigenvalue weighted by Gasteiger charge is -2.09. The summed E-state index contributed by atoms with van der Waals surface area (Å²) >= 11 is 0. The van der Waals surface area contributed by atoms with Gasteiger partial charge in [0, 0.05) is 12.1 Å². The van der Waals surface area contributed by atoms with Crippen molar-refractivity contribution in [3.63, 3.8) is 0 Å². The zero-order chi connectivity index (χ0) is 18.8. The third kappa shape index (κ3) is 5.97. The van der Waals surface area contributed by atoms with E-state index in [0.29, 0.717) is 17.1 Å². The number of esters is 1. The third-order valence-corrected chi connectivity index (χ3v) is 3.20. The Morgan fingerprint density at radius 2 is 1.77 bits per heavy atom. The molecule has 1 amide bonds. The Kier molecular flexibility index (Phi) is 7.23. The van der Waals surface area contributed by atoms with Crippen molar-refractivity contribution in [2.45, 2.75) is 6.92 Å². The average Bonchev–Trinajstić information content (AvgIpc) is 2.65. The minimum absolute atomic E-state index is 0.181. The Balaban J connectivity index is 1.64. The number of nitrogens with zero attached hydrogens (tertiary/aromatic N) is 1. The summed E-state index contributed by atoms with van der Waals surface area (Å²) in [5.41, 5.74) is -0.181. The summed E-state index contributed by atoms with van der Waals surface area (Å²) in [4.78, 5) is 23.3. The molecule has 138 valence electrons. The van der Waals surface area contributed by atoms with Crippen LogP contribution in [0.1, 0.15) is 17.4 Å². The predicted molar refractivity (Wildman–Crippen MR) is 91.8 cm³/mol. The summed E-state index contributed by atoms with van der Waals surface area (Å²) in [6, 6.07) is 11.5. The van der Waals surface area contributed by atoms with Crippen LogP contribution in [0.15, 0.2) is 48.7 Å². The number of ether oxygens (including phenoxy) is 3. The maximum absolute atomic E-state index is 11.7. The first kappa shape index (κ1) is 19.0. The van der Waals surface area contributed by atoms with Crippen LogP contribution in [0.25, 0.3) is 0 Å². The van der Waals surface area contributed by atoms with Crippen molar-refractivity contribution in [1.82, 2.24) is 5.32 Å². The zero-order valence-electron chi connectivity index (χ0n) is 14.3. The molecular formula is C18H20N2O6. The zero-order valence-corrected chi connectivity index (χ0v) is 14.3. The van der Waals surface area contributed by atoms with E-state index in [2.05, 4.69) is 5.32 Å². The second kappa shape index (κ2) is 9.87. The lowest BCUT2D eigenvalue weighted by Crippen LogP contribution is -2.36. The smallest absolute Gasteiger partial charge is 0.405 e. The maximum atomic E-state index is 11.7. The number of aromatic nitrogens is 1. The van der Waals surface area contributed by atoms with Gasteiger partial charge in [-0.2, -0.15) is 4.73 Å². The van der Waals surface area contributed by atoms with Gasteiger partial charge in [-0.3, -0.25) is 4.79 Å². The highest BCUT2D eigenvalue weighted by Gasteiger charge is 2.17. The molecule has 0 fully saturated rings. The lowest BCUT2D eigenvalue weighted by molar-refractivity contribution is -0.608. The van der Waals surface area contributed by atoms with Gasteiger partial charge in [0.2, 0.25) is 0 Å². The number of carbonyl (C=O) groups excluding carboxylic acids is 2. The van der Waals surface area contributed by atoms with Gasteiger partial charge in [0.1, 0.15) is 18.1 Å². The number of benzene rings is 1. The van der Waals surface area contributed by atoms with Gasteiger partial charge in [-0.15, -0.1) is 0 Å². The van der Waals surface area contributed by atoms with Gasteiger partial charge in [0.15, 0.2) is 12.8 Å². The number of hydrogen-bond acceptors (Lipinski definition) is 6. The molecule has 1 aromatic carbocycles. The topological polar surface area (TPSA) is 101 Å². The van der Waals surface area contributed by atoms with Gasteiger partial charge in [0.05, 0.1) is 13.2 Å². The molecule has 0 bridgehead atoms. The molecule has 0 saturated heterocycles. The van der Waals surface area contributed by atoms with Gasteiger partial charge < -0.3 is 24.7 Å². The van der Waals surface area contributed by atoms with E-state index >= 15 is 0 Å². The highest BCUT2D eigenvalue weighted by atomic mass is 16.5. The molecule has 0 aliphatic heterocycles. The minimum Gasteiger partial charge on any atom is -0.618 e. The van der Waals surface area contributed by atoms with Gasteiger partial charge >= 0.3 is 11.7 Å². The summed E-state index contributed by atoms with van der Waals surface area (Å²) in [7, 11) is 0. The first-order valence-electron chi connectivity index (χ1n) is 8.08. The van der Waals surface area contributed by atoms with Crippen LogP contribution >= 0.6 is 0 Å². The minimum atomic E-state index is -0.860. The van der Waals surface area contributed by atoms with Gasteiger partial charge in [0.25, 0.3) is 5.91 Å². The molecule has 8 nitrogen and oxygen atoms in total. The van der Waals surface area contributed by atoms with Crippen molar-refractivity contribution in [2.24, 2.45) is 0 Å². The number of hydrogen-bond donors (Lipinski definition) is 1. The van der Waals surface area contributed by atoms with E-state index in [0.717, 1.165) is 5.75 Å². The number of amides is 1. The second-order valence-electron chi connectivity index (χ2n) is 5.09.